The summed E-state index contributed by atoms with van der Waals surface area (Å²) in [7, 11) is 0. The maximum absolute atomic E-state index is 4.21. The van der Waals surface area contributed by atoms with Gasteiger partial charge in [-0.2, -0.15) is 0 Å². The lowest BCUT2D eigenvalue weighted by atomic mass is 9.95. The van der Waals surface area contributed by atoms with Crippen LogP contribution in [0, 0.1) is 0 Å². The molecule has 1 aliphatic carbocycles. The van der Waals surface area contributed by atoms with E-state index in [9.17, 15) is 0 Å². The number of aromatic nitrogens is 4. The van der Waals surface area contributed by atoms with Gasteiger partial charge in [-0.3, -0.25) is 0 Å². The average Bonchev–Trinajstić information content (AvgIpc) is 2.88. The molecular formula is C14H17BrN4. The van der Waals surface area contributed by atoms with Crippen LogP contribution in [0.25, 0.3) is 0 Å². The number of nitrogens with zero attached hydrogens (tertiary/aromatic N) is 4. The molecule has 0 spiro atoms. The molecule has 1 aliphatic rings. The van der Waals surface area contributed by atoms with Crippen LogP contribution in [0.2, 0.25) is 0 Å². The maximum atomic E-state index is 4.21. The highest BCUT2D eigenvalue weighted by molar-refractivity contribution is 9.09. The highest BCUT2D eigenvalue weighted by atomic mass is 79.9. The van der Waals surface area contributed by atoms with Gasteiger partial charge in [0.15, 0.2) is 5.82 Å². The third kappa shape index (κ3) is 2.86. The van der Waals surface area contributed by atoms with Crippen LogP contribution in [0.15, 0.2) is 30.3 Å². The number of rotatable bonds is 3. The zero-order chi connectivity index (χ0) is 13.1. The van der Waals surface area contributed by atoms with Crippen LogP contribution < -0.4 is 0 Å². The first-order valence-corrected chi connectivity index (χ1v) is 7.71. The van der Waals surface area contributed by atoms with Crippen molar-refractivity contribution < 1.29 is 0 Å². The van der Waals surface area contributed by atoms with Crippen molar-refractivity contribution in [3.63, 3.8) is 0 Å². The van der Waals surface area contributed by atoms with Crippen LogP contribution in [0.5, 0.6) is 0 Å². The Morgan fingerprint density at radius 3 is 2.74 bits per heavy atom. The molecule has 2 aromatic rings. The van der Waals surface area contributed by atoms with E-state index in [4.69, 9.17) is 0 Å². The fraction of sp³-hybridized carbons (Fsp3) is 0.500. The lowest BCUT2D eigenvalue weighted by molar-refractivity contribution is 0.331. The van der Waals surface area contributed by atoms with Gasteiger partial charge in [0.05, 0.1) is 6.04 Å². The molecule has 19 heavy (non-hydrogen) atoms. The molecule has 0 aliphatic heterocycles. The summed E-state index contributed by atoms with van der Waals surface area (Å²) >= 11 is 3.78. The largest absolute Gasteiger partial charge is 0.225 e. The van der Waals surface area contributed by atoms with Crippen LogP contribution in [0.3, 0.4) is 0 Å². The van der Waals surface area contributed by atoms with Crippen molar-refractivity contribution in [2.24, 2.45) is 0 Å². The molecule has 3 rings (SSSR count). The Bertz CT molecular complexity index is 525. The lowest BCUT2D eigenvalue weighted by Gasteiger charge is -2.27. The first-order chi connectivity index (χ1) is 9.34. The molecule has 2 atom stereocenters. The molecule has 1 aromatic carbocycles. The van der Waals surface area contributed by atoms with Gasteiger partial charge in [-0.1, -0.05) is 59.1 Å². The fourth-order valence-corrected chi connectivity index (χ4v) is 3.52. The van der Waals surface area contributed by atoms with Crippen molar-refractivity contribution in [1.29, 1.82) is 0 Å². The summed E-state index contributed by atoms with van der Waals surface area (Å²) in [6.07, 6.45) is 5.71. The van der Waals surface area contributed by atoms with E-state index in [1.807, 2.05) is 10.7 Å². The highest BCUT2D eigenvalue weighted by Crippen LogP contribution is 2.33. The van der Waals surface area contributed by atoms with E-state index in [-0.39, 0.29) is 0 Å². The smallest absolute Gasteiger partial charge is 0.156 e. The lowest BCUT2D eigenvalue weighted by Crippen LogP contribution is -2.26. The van der Waals surface area contributed by atoms with Crippen LogP contribution in [-0.2, 0) is 6.42 Å². The third-order valence-corrected chi connectivity index (χ3v) is 4.80. The molecule has 0 radical (unpaired) electrons. The van der Waals surface area contributed by atoms with E-state index < -0.39 is 0 Å². The van der Waals surface area contributed by atoms with Gasteiger partial charge in [0, 0.05) is 11.2 Å². The summed E-state index contributed by atoms with van der Waals surface area (Å²) in [6, 6.07) is 10.8. The zero-order valence-electron chi connectivity index (χ0n) is 10.7. The molecule has 1 saturated carbocycles. The number of tetrazole rings is 1. The van der Waals surface area contributed by atoms with Gasteiger partial charge in [0.2, 0.25) is 0 Å². The molecule has 5 heteroatoms. The number of alkyl halides is 1. The molecule has 0 unspecified atom stereocenters. The minimum Gasteiger partial charge on any atom is -0.225 e. The van der Waals surface area contributed by atoms with Crippen LogP contribution >= 0.6 is 15.9 Å². The van der Waals surface area contributed by atoms with Gasteiger partial charge >= 0.3 is 0 Å². The molecule has 1 fully saturated rings. The molecule has 0 saturated heterocycles. The number of benzene rings is 1. The van der Waals surface area contributed by atoms with E-state index in [1.54, 1.807) is 0 Å². The molecule has 0 bridgehead atoms. The SMILES string of the molecule is Br[C@H]1CCCC[C@@H]1n1nnnc1Cc1ccccc1. The molecule has 0 N–H and O–H groups in total. The highest BCUT2D eigenvalue weighted by Gasteiger charge is 2.27. The first kappa shape index (κ1) is 12.8. The van der Waals surface area contributed by atoms with Crippen LogP contribution in [0.1, 0.15) is 43.1 Å². The quantitative estimate of drug-likeness (QED) is 0.816. The van der Waals surface area contributed by atoms with E-state index in [0.717, 1.165) is 18.7 Å². The Kier molecular flexibility index (Phi) is 3.92. The van der Waals surface area contributed by atoms with Gasteiger partial charge in [0.25, 0.3) is 0 Å². The van der Waals surface area contributed by atoms with E-state index in [0.29, 0.717) is 10.9 Å². The monoisotopic (exact) mass is 320 g/mol. The molecule has 100 valence electrons. The second-order valence-electron chi connectivity index (χ2n) is 5.07. The number of halogens is 1. The Morgan fingerprint density at radius 2 is 1.95 bits per heavy atom. The van der Waals surface area contributed by atoms with Crippen LogP contribution in [-0.4, -0.2) is 25.0 Å². The van der Waals surface area contributed by atoms with E-state index >= 15 is 0 Å². The zero-order valence-corrected chi connectivity index (χ0v) is 12.3. The molecule has 1 heterocycles. The Morgan fingerprint density at radius 1 is 1.16 bits per heavy atom. The van der Waals surface area contributed by atoms with Gasteiger partial charge in [-0.05, 0) is 28.8 Å². The molecule has 0 amide bonds. The second-order valence-corrected chi connectivity index (χ2v) is 6.25. The Labute approximate surface area is 121 Å². The molecule has 4 nitrogen and oxygen atoms in total. The first-order valence-electron chi connectivity index (χ1n) is 6.79. The van der Waals surface area contributed by atoms with Gasteiger partial charge in [-0.15, -0.1) is 5.10 Å². The Hall–Kier alpha value is -1.23. The van der Waals surface area contributed by atoms with Crippen LogP contribution in [0.4, 0.5) is 0 Å². The van der Waals surface area contributed by atoms with Gasteiger partial charge < -0.3 is 0 Å². The number of hydrogen-bond donors (Lipinski definition) is 0. The normalized spacial score (nSPS) is 23.4. The standard InChI is InChI=1S/C14H17BrN4/c15-12-8-4-5-9-13(12)19-14(16-17-18-19)10-11-6-2-1-3-7-11/h1-3,6-7,12-13H,4-5,8-10H2/t12-,13-/m0/s1. The van der Waals surface area contributed by atoms with Crippen molar-refractivity contribution >= 4 is 15.9 Å². The van der Waals surface area contributed by atoms with Crippen molar-refractivity contribution in [2.45, 2.75) is 43.0 Å². The average molecular weight is 321 g/mol. The fourth-order valence-electron chi connectivity index (χ4n) is 2.71. The van der Waals surface area contributed by atoms with E-state index in [1.165, 1.54) is 24.8 Å². The summed E-state index contributed by atoms with van der Waals surface area (Å²) in [5.41, 5.74) is 1.25. The van der Waals surface area contributed by atoms with Crippen molar-refractivity contribution in [1.82, 2.24) is 20.2 Å². The predicted molar refractivity (Wildman–Crippen MR) is 77.3 cm³/mol. The summed E-state index contributed by atoms with van der Waals surface area (Å²) < 4.78 is 2.02. The molecular weight excluding hydrogens is 304 g/mol. The molecule has 1 aromatic heterocycles. The third-order valence-electron chi connectivity index (χ3n) is 3.73. The van der Waals surface area contributed by atoms with Crippen molar-refractivity contribution in [2.75, 3.05) is 0 Å². The van der Waals surface area contributed by atoms with Gasteiger partial charge in [-0.25, -0.2) is 4.68 Å². The summed E-state index contributed by atoms with van der Waals surface area (Å²) in [4.78, 5) is 0.485. The number of hydrogen-bond acceptors (Lipinski definition) is 3. The summed E-state index contributed by atoms with van der Waals surface area (Å²) in [5, 5.41) is 12.3. The maximum Gasteiger partial charge on any atom is 0.156 e. The minimum absolute atomic E-state index is 0.391. The van der Waals surface area contributed by atoms with Crippen molar-refractivity contribution in [3.8, 4) is 0 Å². The topological polar surface area (TPSA) is 43.6 Å². The van der Waals surface area contributed by atoms with Crippen molar-refractivity contribution in [3.05, 3.63) is 41.7 Å². The van der Waals surface area contributed by atoms with E-state index in [2.05, 4.69) is 55.7 Å². The predicted octanol–water partition coefficient (Wildman–Crippen LogP) is 3.14. The minimum atomic E-state index is 0.391. The van der Waals surface area contributed by atoms with Gasteiger partial charge in [0.1, 0.15) is 0 Å². The second kappa shape index (κ2) is 5.82. The summed E-state index contributed by atoms with van der Waals surface area (Å²) in [6.45, 7) is 0. The Balaban J connectivity index is 1.82. The summed E-state index contributed by atoms with van der Waals surface area (Å²) in [5.74, 6) is 0.961.